The standard InChI is InChI=1S/C23H20ClFN2O6S/c1-32-18-8-10-19(11-9-18)34(30,31)27(17-6-4-16(25)5-7-17)14-22(28)26-21-13-15(23(29)33-2)3-12-20(21)24/h3-13H,14H2,1-2H3,(H,26,28). The third-order valence-electron chi connectivity index (χ3n) is 4.71. The fourth-order valence-electron chi connectivity index (χ4n) is 2.98. The molecule has 1 N–H and O–H groups in total. The van der Waals surface area contributed by atoms with Crippen LogP contribution >= 0.6 is 11.6 Å². The lowest BCUT2D eigenvalue weighted by Crippen LogP contribution is -2.38. The van der Waals surface area contributed by atoms with Crippen LogP contribution in [0.4, 0.5) is 15.8 Å². The molecule has 0 spiro atoms. The van der Waals surface area contributed by atoms with Gasteiger partial charge in [-0.05, 0) is 66.7 Å². The van der Waals surface area contributed by atoms with Gasteiger partial charge in [-0.25, -0.2) is 17.6 Å². The van der Waals surface area contributed by atoms with Gasteiger partial charge in [0.2, 0.25) is 5.91 Å². The lowest BCUT2D eigenvalue weighted by atomic mass is 10.2. The number of rotatable bonds is 8. The highest BCUT2D eigenvalue weighted by Crippen LogP contribution is 2.27. The van der Waals surface area contributed by atoms with Crippen LogP contribution in [0.5, 0.6) is 5.75 Å². The van der Waals surface area contributed by atoms with Crippen molar-refractivity contribution in [1.82, 2.24) is 0 Å². The third kappa shape index (κ3) is 5.64. The first-order chi connectivity index (χ1) is 16.1. The van der Waals surface area contributed by atoms with Crippen molar-refractivity contribution in [2.75, 3.05) is 30.4 Å². The Balaban J connectivity index is 1.94. The Labute approximate surface area is 200 Å². The fraction of sp³-hybridized carbons (Fsp3) is 0.130. The van der Waals surface area contributed by atoms with Gasteiger partial charge in [-0.15, -0.1) is 0 Å². The van der Waals surface area contributed by atoms with Crippen LogP contribution in [-0.2, 0) is 19.6 Å². The summed E-state index contributed by atoms with van der Waals surface area (Å²) in [6.45, 7) is -0.654. The summed E-state index contributed by atoms with van der Waals surface area (Å²) in [4.78, 5) is 24.5. The average molecular weight is 507 g/mol. The van der Waals surface area contributed by atoms with E-state index < -0.39 is 34.3 Å². The average Bonchev–Trinajstić information content (AvgIpc) is 2.84. The minimum absolute atomic E-state index is 0.0711. The van der Waals surface area contributed by atoms with Crippen LogP contribution < -0.4 is 14.4 Å². The van der Waals surface area contributed by atoms with Crippen molar-refractivity contribution < 1.29 is 31.9 Å². The molecular weight excluding hydrogens is 487 g/mol. The smallest absolute Gasteiger partial charge is 0.337 e. The van der Waals surface area contributed by atoms with Crippen molar-refractivity contribution in [2.24, 2.45) is 0 Å². The van der Waals surface area contributed by atoms with Crippen LogP contribution in [0.1, 0.15) is 10.4 Å². The van der Waals surface area contributed by atoms with Gasteiger partial charge in [-0.2, -0.15) is 0 Å². The fourth-order valence-corrected chi connectivity index (χ4v) is 4.57. The summed E-state index contributed by atoms with van der Waals surface area (Å²) >= 11 is 6.12. The van der Waals surface area contributed by atoms with Crippen molar-refractivity contribution in [3.05, 3.63) is 83.1 Å². The number of hydrogen-bond acceptors (Lipinski definition) is 6. The summed E-state index contributed by atoms with van der Waals surface area (Å²) in [5, 5.41) is 2.64. The van der Waals surface area contributed by atoms with Crippen molar-refractivity contribution in [3.63, 3.8) is 0 Å². The molecule has 0 bridgehead atoms. The van der Waals surface area contributed by atoms with Crippen LogP contribution in [0.2, 0.25) is 5.02 Å². The maximum atomic E-state index is 13.5. The summed E-state index contributed by atoms with van der Waals surface area (Å²) < 4.78 is 50.8. The van der Waals surface area contributed by atoms with Crippen molar-refractivity contribution in [1.29, 1.82) is 0 Å². The summed E-state index contributed by atoms with van der Waals surface area (Å²) in [6.07, 6.45) is 0. The molecule has 0 unspecified atom stereocenters. The molecule has 0 aliphatic rings. The van der Waals surface area contributed by atoms with Gasteiger partial charge in [0.25, 0.3) is 10.0 Å². The van der Waals surface area contributed by atoms with Crippen LogP contribution in [0.15, 0.2) is 71.6 Å². The monoisotopic (exact) mass is 506 g/mol. The number of hydrogen-bond donors (Lipinski definition) is 1. The van der Waals surface area contributed by atoms with Crippen LogP contribution in [0, 0.1) is 5.82 Å². The van der Waals surface area contributed by atoms with Crippen LogP contribution in [-0.4, -0.2) is 41.1 Å². The zero-order valence-electron chi connectivity index (χ0n) is 18.1. The molecule has 3 aromatic carbocycles. The molecule has 3 aromatic rings. The molecule has 0 saturated heterocycles. The quantitative estimate of drug-likeness (QED) is 0.461. The first-order valence-corrected chi connectivity index (χ1v) is 11.6. The van der Waals surface area contributed by atoms with Gasteiger partial charge >= 0.3 is 5.97 Å². The maximum absolute atomic E-state index is 13.5. The van der Waals surface area contributed by atoms with E-state index in [-0.39, 0.29) is 26.9 Å². The SMILES string of the molecule is COC(=O)c1ccc(Cl)c(NC(=O)CN(c2ccc(F)cc2)S(=O)(=O)c2ccc(OC)cc2)c1. The molecule has 0 fully saturated rings. The molecule has 0 aliphatic carbocycles. The number of carbonyl (C=O) groups is 2. The molecule has 34 heavy (non-hydrogen) atoms. The Morgan fingerprint density at radius 3 is 2.24 bits per heavy atom. The Kier molecular flexibility index (Phi) is 7.75. The van der Waals surface area contributed by atoms with Gasteiger partial charge < -0.3 is 14.8 Å². The highest BCUT2D eigenvalue weighted by molar-refractivity contribution is 7.92. The molecule has 8 nitrogen and oxygen atoms in total. The molecule has 0 aliphatic heterocycles. The highest BCUT2D eigenvalue weighted by Gasteiger charge is 2.28. The number of sulfonamides is 1. The molecule has 3 rings (SSSR count). The van der Waals surface area contributed by atoms with E-state index in [2.05, 4.69) is 10.1 Å². The van der Waals surface area contributed by atoms with Gasteiger partial charge in [0, 0.05) is 0 Å². The minimum atomic E-state index is -4.23. The highest BCUT2D eigenvalue weighted by atomic mass is 35.5. The van der Waals surface area contributed by atoms with E-state index in [9.17, 15) is 22.4 Å². The molecule has 11 heteroatoms. The predicted molar refractivity (Wildman–Crippen MR) is 125 cm³/mol. The maximum Gasteiger partial charge on any atom is 0.337 e. The lowest BCUT2D eigenvalue weighted by Gasteiger charge is -2.24. The van der Waals surface area contributed by atoms with E-state index in [1.807, 2.05) is 0 Å². The molecule has 1 amide bonds. The van der Waals surface area contributed by atoms with Gasteiger partial charge in [0.1, 0.15) is 18.1 Å². The number of anilines is 2. The van der Waals surface area contributed by atoms with E-state index in [0.29, 0.717) is 5.75 Å². The zero-order chi connectivity index (χ0) is 24.9. The normalized spacial score (nSPS) is 10.9. The summed E-state index contributed by atoms with van der Waals surface area (Å²) in [7, 11) is -1.58. The van der Waals surface area contributed by atoms with Crippen LogP contribution in [0.25, 0.3) is 0 Å². The number of nitrogens with zero attached hydrogens (tertiary/aromatic N) is 1. The number of benzene rings is 3. The number of nitrogens with one attached hydrogen (secondary N) is 1. The van der Waals surface area contributed by atoms with E-state index in [1.54, 1.807) is 0 Å². The number of methoxy groups -OCH3 is 2. The molecule has 0 aromatic heterocycles. The molecule has 0 saturated carbocycles. The first kappa shape index (κ1) is 25.0. The summed E-state index contributed by atoms with van der Waals surface area (Å²) in [5.41, 5.74) is 0.306. The van der Waals surface area contributed by atoms with Gasteiger partial charge in [0.15, 0.2) is 0 Å². The Hall–Kier alpha value is -3.63. The topological polar surface area (TPSA) is 102 Å². The second-order valence-corrected chi connectivity index (χ2v) is 9.17. The Bertz CT molecular complexity index is 1300. The van der Waals surface area contributed by atoms with Crippen molar-refractivity contribution in [3.8, 4) is 5.75 Å². The Morgan fingerprint density at radius 1 is 1.00 bits per heavy atom. The first-order valence-electron chi connectivity index (χ1n) is 9.76. The molecule has 0 heterocycles. The molecular formula is C23H20ClFN2O6S. The summed E-state index contributed by atoms with van der Waals surface area (Å²) in [6, 6.07) is 14.4. The molecule has 0 atom stereocenters. The second kappa shape index (κ2) is 10.5. The number of carbonyl (C=O) groups excluding carboxylic acids is 2. The second-order valence-electron chi connectivity index (χ2n) is 6.90. The number of esters is 1. The van der Waals surface area contributed by atoms with Gasteiger partial charge in [0.05, 0.1) is 41.1 Å². The lowest BCUT2D eigenvalue weighted by molar-refractivity contribution is -0.114. The molecule has 0 radical (unpaired) electrons. The number of ether oxygens (including phenoxy) is 2. The van der Waals surface area contributed by atoms with Crippen molar-refractivity contribution in [2.45, 2.75) is 4.90 Å². The molecule has 178 valence electrons. The predicted octanol–water partition coefficient (Wildman–Crippen LogP) is 4.11. The van der Waals surface area contributed by atoms with E-state index in [1.165, 1.54) is 68.8 Å². The number of halogens is 2. The van der Waals surface area contributed by atoms with Gasteiger partial charge in [-0.1, -0.05) is 11.6 Å². The van der Waals surface area contributed by atoms with Crippen molar-refractivity contribution >= 4 is 44.9 Å². The minimum Gasteiger partial charge on any atom is -0.497 e. The van der Waals surface area contributed by atoms with E-state index in [4.69, 9.17) is 16.3 Å². The summed E-state index contributed by atoms with van der Waals surface area (Å²) in [5.74, 6) is -1.50. The third-order valence-corrected chi connectivity index (χ3v) is 6.83. The Morgan fingerprint density at radius 2 is 1.65 bits per heavy atom. The largest absolute Gasteiger partial charge is 0.497 e. The van der Waals surface area contributed by atoms with E-state index in [0.717, 1.165) is 16.4 Å². The zero-order valence-corrected chi connectivity index (χ0v) is 19.7. The van der Waals surface area contributed by atoms with E-state index >= 15 is 0 Å². The number of amides is 1. The van der Waals surface area contributed by atoms with Gasteiger partial charge in [-0.3, -0.25) is 9.10 Å². The van der Waals surface area contributed by atoms with Crippen LogP contribution in [0.3, 0.4) is 0 Å².